The molecule has 2 aromatic carbocycles. The first-order valence-corrected chi connectivity index (χ1v) is 10.8. The topological polar surface area (TPSA) is 85.9 Å². The minimum absolute atomic E-state index is 0.0824. The van der Waals surface area contributed by atoms with Crippen molar-refractivity contribution in [2.75, 3.05) is 27.4 Å². The SMILES string of the molecule is COc1ccc(C(=O)N/C(=C\c2cccs2)C(=O)NCCOc2ccc(F)cc2)cc1OC. The maximum absolute atomic E-state index is 13.0. The summed E-state index contributed by atoms with van der Waals surface area (Å²) in [5.41, 5.74) is 0.385. The molecule has 0 aliphatic heterocycles. The molecule has 1 heterocycles. The van der Waals surface area contributed by atoms with Crippen LogP contribution < -0.4 is 24.8 Å². The van der Waals surface area contributed by atoms with Crippen LogP contribution in [0.25, 0.3) is 6.08 Å². The van der Waals surface area contributed by atoms with Gasteiger partial charge in [-0.2, -0.15) is 0 Å². The molecule has 7 nitrogen and oxygen atoms in total. The first-order valence-electron chi connectivity index (χ1n) is 9.95. The molecule has 33 heavy (non-hydrogen) atoms. The number of thiophene rings is 1. The highest BCUT2D eigenvalue weighted by atomic mass is 32.1. The third-order valence-electron chi connectivity index (χ3n) is 4.44. The second-order valence-corrected chi connectivity index (χ2v) is 7.63. The number of halogens is 1. The average molecular weight is 471 g/mol. The van der Waals surface area contributed by atoms with Crippen LogP contribution in [0.5, 0.6) is 17.2 Å². The molecular formula is C24H23FN2O5S. The lowest BCUT2D eigenvalue weighted by Gasteiger charge is -2.13. The van der Waals surface area contributed by atoms with E-state index < -0.39 is 11.8 Å². The Balaban J connectivity index is 1.66. The molecule has 0 saturated heterocycles. The van der Waals surface area contributed by atoms with Gasteiger partial charge in [-0.05, 0) is 60.0 Å². The van der Waals surface area contributed by atoms with Crippen LogP contribution in [0, 0.1) is 5.82 Å². The Bertz CT molecular complexity index is 1110. The van der Waals surface area contributed by atoms with Crippen molar-refractivity contribution < 1.29 is 28.2 Å². The molecule has 172 valence electrons. The predicted octanol–water partition coefficient (Wildman–Crippen LogP) is 3.87. The van der Waals surface area contributed by atoms with E-state index in [-0.39, 0.29) is 24.7 Å². The molecule has 2 N–H and O–H groups in total. The van der Waals surface area contributed by atoms with Crippen LogP contribution in [0.2, 0.25) is 0 Å². The summed E-state index contributed by atoms with van der Waals surface area (Å²) in [7, 11) is 2.98. The van der Waals surface area contributed by atoms with Gasteiger partial charge in [-0.1, -0.05) is 6.07 Å². The smallest absolute Gasteiger partial charge is 0.267 e. The number of methoxy groups -OCH3 is 2. The van der Waals surface area contributed by atoms with E-state index >= 15 is 0 Å². The van der Waals surface area contributed by atoms with Gasteiger partial charge >= 0.3 is 0 Å². The molecule has 0 aliphatic rings. The molecule has 0 bridgehead atoms. The Hall–Kier alpha value is -3.85. The van der Waals surface area contributed by atoms with E-state index in [1.54, 1.807) is 18.2 Å². The van der Waals surface area contributed by atoms with Crippen LogP contribution in [-0.2, 0) is 4.79 Å². The average Bonchev–Trinajstić information content (AvgIpc) is 3.35. The second kappa shape index (κ2) is 11.7. The summed E-state index contributed by atoms with van der Waals surface area (Å²) in [6.45, 7) is 0.359. The number of benzene rings is 2. The van der Waals surface area contributed by atoms with Crippen molar-refractivity contribution in [2.24, 2.45) is 0 Å². The minimum atomic E-state index is -0.475. The number of hydrogen-bond donors (Lipinski definition) is 2. The monoisotopic (exact) mass is 470 g/mol. The van der Waals surface area contributed by atoms with Gasteiger partial charge in [0.1, 0.15) is 23.9 Å². The van der Waals surface area contributed by atoms with Crippen molar-refractivity contribution in [2.45, 2.75) is 0 Å². The fraction of sp³-hybridized carbons (Fsp3) is 0.167. The first-order chi connectivity index (χ1) is 16.0. The zero-order valence-corrected chi connectivity index (χ0v) is 18.9. The van der Waals surface area contributed by atoms with Crippen LogP contribution in [0.4, 0.5) is 4.39 Å². The summed E-state index contributed by atoms with van der Waals surface area (Å²) >= 11 is 1.43. The van der Waals surface area contributed by atoms with E-state index in [2.05, 4.69) is 10.6 Å². The fourth-order valence-electron chi connectivity index (χ4n) is 2.81. The first kappa shape index (κ1) is 23.8. The lowest BCUT2D eigenvalue weighted by atomic mass is 10.1. The van der Waals surface area contributed by atoms with Gasteiger partial charge in [-0.25, -0.2) is 4.39 Å². The lowest BCUT2D eigenvalue weighted by molar-refractivity contribution is -0.117. The molecule has 2 amide bonds. The van der Waals surface area contributed by atoms with Gasteiger partial charge in [0.15, 0.2) is 11.5 Å². The van der Waals surface area contributed by atoms with Gasteiger partial charge in [0.05, 0.1) is 20.8 Å². The van der Waals surface area contributed by atoms with Crippen molar-refractivity contribution in [3.8, 4) is 17.2 Å². The standard InChI is InChI=1S/C24H23FN2O5S/c1-30-21-10-5-16(14-22(21)31-2)23(28)27-20(15-19-4-3-13-33-19)24(29)26-11-12-32-18-8-6-17(25)7-9-18/h3-10,13-15H,11-12H2,1-2H3,(H,26,29)(H,27,28)/b20-15-. The summed E-state index contributed by atoms with van der Waals surface area (Å²) < 4.78 is 28.9. The highest BCUT2D eigenvalue weighted by molar-refractivity contribution is 7.10. The van der Waals surface area contributed by atoms with Gasteiger partial charge in [-0.15, -0.1) is 11.3 Å². The fourth-order valence-corrected chi connectivity index (χ4v) is 3.46. The van der Waals surface area contributed by atoms with Gasteiger partial charge in [0.25, 0.3) is 11.8 Å². The number of amides is 2. The Labute approximate surface area is 194 Å². The molecule has 9 heteroatoms. The molecule has 0 saturated carbocycles. The number of hydrogen-bond acceptors (Lipinski definition) is 6. The van der Waals surface area contributed by atoms with E-state index in [4.69, 9.17) is 14.2 Å². The van der Waals surface area contributed by atoms with Crippen molar-refractivity contribution >= 4 is 29.2 Å². The van der Waals surface area contributed by atoms with Crippen molar-refractivity contribution in [3.05, 3.63) is 81.9 Å². The van der Waals surface area contributed by atoms with Crippen molar-refractivity contribution in [1.82, 2.24) is 10.6 Å². The third kappa shape index (κ3) is 6.81. The van der Waals surface area contributed by atoms with Gasteiger partial charge in [0, 0.05) is 10.4 Å². The largest absolute Gasteiger partial charge is 0.493 e. The highest BCUT2D eigenvalue weighted by Crippen LogP contribution is 2.27. The number of carbonyl (C=O) groups excluding carboxylic acids is 2. The molecule has 0 spiro atoms. The van der Waals surface area contributed by atoms with E-state index in [0.29, 0.717) is 22.8 Å². The third-order valence-corrected chi connectivity index (χ3v) is 5.26. The van der Waals surface area contributed by atoms with Crippen molar-refractivity contribution in [1.29, 1.82) is 0 Å². The number of rotatable bonds is 10. The van der Waals surface area contributed by atoms with E-state index in [9.17, 15) is 14.0 Å². The zero-order valence-electron chi connectivity index (χ0n) is 18.1. The summed E-state index contributed by atoms with van der Waals surface area (Å²) in [5.74, 6) is 0.0704. The molecule has 3 rings (SSSR count). The Kier molecular flexibility index (Phi) is 8.43. The predicted molar refractivity (Wildman–Crippen MR) is 124 cm³/mol. The molecular weight excluding hydrogens is 447 g/mol. The zero-order chi connectivity index (χ0) is 23.6. The molecule has 0 fully saturated rings. The maximum atomic E-state index is 13.0. The van der Waals surface area contributed by atoms with Crippen LogP contribution in [0.3, 0.4) is 0 Å². The Morgan fingerprint density at radius 1 is 1.03 bits per heavy atom. The number of nitrogens with one attached hydrogen (secondary N) is 2. The molecule has 0 aliphatic carbocycles. The van der Waals surface area contributed by atoms with Gasteiger partial charge in [0.2, 0.25) is 0 Å². The summed E-state index contributed by atoms with van der Waals surface area (Å²) in [5, 5.41) is 7.25. The maximum Gasteiger partial charge on any atom is 0.267 e. The second-order valence-electron chi connectivity index (χ2n) is 6.66. The molecule has 0 radical (unpaired) electrons. The summed E-state index contributed by atoms with van der Waals surface area (Å²) in [4.78, 5) is 26.4. The molecule has 3 aromatic rings. The van der Waals surface area contributed by atoms with Crippen LogP contribution in [0.1, 0.15) is 15.2 Å². The van der Waals surface area contributed by atoms with Crippen LogP contribution in [-0.4, -0.2) is 39.2 Å². The summed E-state index contributed by atoms with van der Waals surface area (Å²) in [6, 6.07) is 14.0. The van der Waals surface area contributed by atoms with E-state index in [1.165, 1.54) is 55.9 Å². The number of carbonyl (C=O) groups is 2. The normalized spacial score (nSPS) is 10.9. The highest BCUT2D eigenvalue weighted by Gasteiger charge is 2.16. The molecule has 0 atom stereocenters. The Morgan fingerprint density at radius 3 is 2.45 bits per heavy atom. The van der Waals surface area contributed by atoms with E-state index in [0.717, 1.165) is 4.88 Å². The lowest BCUT2D eigenvalue weighted by Crippen LogP contribution is -2.36. The number of ether oxygens (including phenoxy) is 3. The summed E-state index contributed by atoms with van der Waals surface area (Å²) in [6.07, 6.45) is 1.60. The Morgan fingerprint density at radius 2 is 1.79 bits per heavy atom. The van der Waals surface area contributed by atoms with Crippen LogP contribution >= 0.6 is 11.3 Å². The van der Waals surface area contributed by atoms with E-state index in [1.807, 2.05) is 17.5 Å². The van der Waals surface area contributed by atoms with Crippen molar-refractivity contribution in [3.63, 3.8) is 0 Å². The van der Waals surface area contributed by atoms with Crippen LogP contribution in [0.15, 0.2) is 65.7 Å². The van der Waals surface area contributed by atoms with Gasteiger partial charge < -0.3 is 24.8 Å². The molecule has 0 unspecified atom stereocenters. The van der Waals surface area contributed by atoms with Gasteiger partial charge in [-0.3, -0.25) is 9.59 Å². The molecule has 1 aromatic heterocycles. The quantitative estimate of drug-likeness (QED) is 0.347. The minimum Gasteiger partial charge on any atom is -0.493 e.